The van der Waals surface area contributed by atoms with E-state index in [0.717, 1.165) is 13.0 Å². The first-order valence-corrected chi connectivity index (χ1v) is 13.0. The van der Waals surface area contributed by atoms with Gasteiger partial charge in [0.05, 0.1) is 24.9 Å². The molecule has 152 valence electrons. The fourth-order valence-electron chi connectivity index (χ4n) is 3.15. The van der Waals surface area contributed by atoms with Crippen molar-refractivity contribution in [1.29, 1.82) is 0 Å². The molecule has 1 aliphatic rings. The van der Waals surface area contributed by atoms with E-state index >= 15 is 0 Å². The van der Waals surface area contributed by atoms with Crippen LogP contribution in [0.15, 0.2) is 42.5 Å². The van der Waals surface area contributed by atoms with Crippen LogP contribution in [0.1, 0.15) is 46.6 Å². The first-order chi connectivity index (χ1) is 12.5. The van der Waals surface area contributed by atoms with Crippen LogP contribution < -0.4 is 0 Å². The first kappa shape index (κ1) is 22.3. The lowest BCUT2D eigenvalue weighted by Gasteiger charge is -2.37. The minimum absolute atomic E-state index is 0.0570. The zero-order valence-corrected chi connectivity index (χ0v) is 19.2. The highest BCUT2D eigenvalue weighted by Crippen LogP contribution is 2.37. The average molecular weight is 391 g/mol. The topological polar surface area (TPSA) is 27.7 Å². The van der Waals surface area contributed by atoms with E-state index in [1.54, 1.807) is 0 Å². The zero-order valence-electron chi connectivity index (χ0n) is 18.2. The number of rotatable bonds is 9. The zero-order chi connectivity index (χ0) is 20.1. The van der Waals surface area contributed by atoms with Crippen molar-refractivity contribution in [3.63, 3.8) is 0 Å². The van der Waals surface area contributed by atoms with Gasteiger partial charge in [0, 0.05) is 6.61 Å². The summed E-state index contributed by atoms with van der Waals surface area (Å²) in [6.07, 6.45) is 5.39. The number of hydrogen-bond acceptors (Lipinski definition) is 3. The molecule has 0 N–H and O–H groups in total. The molecule has 27 heavy (non-hydrogen) atoms. The summed E-state index contributed by atoms with van der Waals surface area (Å²) in [4.78, 5) is 0. The summed E-state index contributed by atoms with van der Waals surface area (Å²) in [5, 5.41) is 0.225. The SMILES string of the molecule is C[C@@H](COCc1ccccc1)C[C@@]1(C)C=C[C@H](CO[Si](C)(C)C(C)(C)C)O1. The maximum atomic E-state index is 6.33. The van der Waals surface area contributed by atoms with E-state index in [2.05, 4.69) is 72.0 Å². The van der Waals surface area contributed by atoms with Crippen LogP contribution in [0.5, 0.6) is 0 Å². The molecule has 0 aliphatic carbocycles. The van der Waals surface area contributed by atoms with Gasteiger partial charge < -0.3 is 13.9 Å². The molecule has 0 saturated carbocycles. The Balaban J connectivity index is 1.73. The van der Waals surface area contributed by atoms with Crippen LogP contribution >= 0.6 is 0 Å². The maximum Gasteiger partial charge on any atom is 0.192 e. The van der Waals surface area contributed by atoms with Crippen LogP contribution in [0.3, 0.4) is 0 Å². The monoisotopic (exact) mass is 390 g/mol. The molecule has 1 aromatic carbocycles. The van der Waals surface area contributed by atoms with Crippen molar-refractivity contribution in [2.45, 2.75) is 77.5 Å². The van der Waals surface area contributed by atoms with E-state index in [-0.39, 0.29) is 16.7 Å². The van der Waals surface area contributed by atoms with Gasteiger partial charge in [0.25, 0.3) is 0 Å². The van der Waals surface area contributed by atoms with Gasteiger partial charge in [-0.25, -0.2) is 0 Å². The number of benzene rings is 1. The third kappa shape index (κ3) is 6.86. The summed E-state index contributed by atoms with van der Waals surface area (Å²) in [6, 6.07) is 10.3. The normalized spacial score (nSPS) is 24.3. The van der Waals surface area contributed by atoms with E-state index < -0.39 is 8.32 Å². The van der Waals surface area contributed by atoms with E-state index in [0.29, 0.717) is 19.1 Å². The third-order valence-electron chi connectivity index (χ3n) is 5.77. The van der Waals surface area contributed by atoms with Crippen LogP contribution in [0.25, 0.3) is 0 Å². The summed E-state index contributed by atoms with van der Waals surface area (Å²) in [5.41, 5.74) is 0.993. The molecule has 1 aromatic rings. The van der Waals surface area contributed by atoms with Crippen LogP contribution in [-0.4, -0.2) is 33.2 Å². The maximum absolute atomic E-state index is 6.33. The van der Waals surface area contributed by atoms with Crippen molar-refractivity contribution >= 4 is 8.32 Å². The predicted octanol–water partition coefficient (Wildman–Crippen LogP) is 5.96. The second-order valence-electron chi connectivity index (χ2n) is 9.71. The van der Waals surface area contributed by atoms with Crippen molar-refractivity contribution in [2.24, 2.45) is 5.92 Å². The highest BCUT2D eigenvalue weighted by molar-refractivity contribution is 6.74. The molecule has 1 aliphatic heterocycles. The van der Waals surface area contributed by atoms with Crippen molar-refractivity contribution in [3.05, 3.63) is 48.0 Å². The minimum Gasteiger partial charge on any atom is -0.414 e. The lowest BCUT2D eigenvalue weighted by molar-refractivity contribution is -0.0489. The largest absolute Gasteiger partial charge is 0.414 e. The Hall–Kier alpha value is -0.943. The molecule has 0 bridgehead atoms. The molecule has 0 spiro atoms. The molecule has 3 nitrogen and oxygen atoms in total. The van der Waals surface area contributed by atoms with Crippen LogP contribution in [0, 0.1) is 5.92 Å². The predicted molar refractivity (Wildman–Crippen MR) is 115 cm³/mol. The molecular formula is C23H38O3Si. The first-order valence-electron chi connectivity index (χ1n) is 10.1. The molecule has 0 radical (unpaired) electrons. The highest BCUT2D eigenvalue weighted by Gasteiger charge is 2.39. The molecule has 1 heterocycles. The van der Waals surface area contributed by atoms with Gasteiger partial charge in [0.15, 0.2) is 8.32 Å². The summed E-state index contributed by atoms with van der Waals surface area (Å²) < 4.78 is 18.5. The second-order valence-corrected chi connectivity index (χ2v) is 14.5. The fraction of sp³-hybridized carbons (Fsp3) is 0.652. The van der Waals surface area contributed by atoms with Gasteiger partial charge in [-0.15, -0.1) is 0 Å². The van der Waals surface area contributed by atoms with Gasteiger partial charge in [-0.2, -0.15) is 0 Å². The Labute approximate surface area is 167 Å². The number of ether oxygens (including phenoxy) is 2. The molecule has 0 amide bonds. The van der Waals surface area contributed by atoms with Crippen molar-refractivity contribution < 1.29 is 13.9 Å². The standard InChI is InChI=1S/C23H38O3Si/c1-19(16-24-17-20-11-9-8-10-12-20)15-23(5)14-13-21(26-23)18-25-27(6,7)22(2,3)4/h8-14,19,21H,15-18H2,1-7H3/t19-,21-,23-/m1/s1. The van der Waals surface area contributed by atoms with Crippen LogP contribution in [0.4, 0.5) is 0 Å². The van der Waals surface area contributed by atoms with Crippen molar-refractivity contribution in [1.82, 2.24) is 0 Å². The fourth-order valence-corrected chi connectivity index (χ4v) is 4.16. The second kappa shape index (κ2) is 9.04. The Morgan fingerprint density at radius 3 is 2.48 bits per heavy atom. The molecule has 0 unspecified atom stereocenters. The summed E-state index contributed by atoms with van der Waals surface area (Å²) in [7, 11) is -1.73. The highest BCUT2D eigenvalue weighted by atomic mass is 28.4. The van der Waals surface area contributed by atoms with E-state index in [9.17, 15) is 0 Å². The third-order valence-corrected chi connectivity index (χ3v) is 10.3. The van der Waals surface area contributed by atoms with E-state index in [4.69, 9.17) is 13.9 Å². The molecule has 0 aromatic heterocycles. The van der Waals surface area contributed by atoms with Crippen molar-refractivity contribution in [3.8, 4) is 0 Å². The van der Waals surface area contributed by atoms with Crippen LogP contribution in [-0.2, 0) is 20.5 Å². The quantitative estimate of drug-likeness (QED) is 0.384. The molecule has 0 fully saturated rings. The van der Waals surface area contributed by atoms with E-state index in [1.807, 2.05) is 18.2 Å². The number of hydrogen-bond donors (Lipinski definition) is 0. The summed E-state index contributed by atoms with van der Waals surface area (Å²) in [6.45, 7) is 17.9. The Kier molecular flexibility index (Phi) is 7.48. The molecular weight excluding hydrogens is 352 g/mol. The van der Waals surface area contributed by atoms with Gasteiger partial charge in [-0.05, 0) is 43.0 Å². The Morgan fingerprint density at radius 1 is 1.19 bits per heavy atom. The molecule has 3 atom stereocenters. The average Bonchev–Trinajstić information content (AvgIpc) is 2.94. The lowest BCUT2D eigenvalue weighted by Crippen LogP contribution is -2.43. The smallest absolute Gasteiger partial charge is 0.192 e. The van der Waals surface area contributed by atoms with Gasteiger partial charge in [0.2, 0.25) is 0 Å². The summed E-state index contributed by atoms with van der Waals surface area (Å²) in [5.74, 6) is 0.434. The van der Waals surface area contributed by atoms with Gasteiger partial charge in [-0.1, -0.05) is 70.2 Å². The Bertz CT molecular complexity index is 606. The molecule has 2 rings (SSSR count). The minimum atomic E-state index is -1.73. The van der Waals surface area contributed by atoms with E-state index in [1.165, 1.54) is 5.56 Å². The van der Waals surface area contributed by atoms with Crippen molar-refractivity contribution in [2.75, 3.05) is 13.2 Å². The molecule has 4 heteroatoms. The van der Waals surface area contributed by atoms with Crippen LogP contribution in [0.2, 0.25) is 18.1 Å². The van der Waals surface area contributed by atoms with Gasteiger partial charge >= 0.3 is 0 Å². The van der Waals surface area contributed by atoms with Gasteiger partial charge in [0.1, 0.15) is 0 Å². The summed E-state index contributed by atoms with van der Waals surface area (Å²) >= 11 is 0. The van der Waals surface area contributed by atoms with Gasteiger partial charge in [-0.3, -0.25) is 0 Å². The molecule has 0 saturated heterocycles. The Morgan fingerprint density at radius 2 is 1.85 bits per heavy atom. The lowest BCUT2D eigenvalue weighted by atomic mass is 9.94.